The summed E-state index contributed by atoms with van der Waals surface area (Å²) >= 11 is 1.46. The fourth-order valence-electron chi connectivity index (χ4n) is 2.80. The van der Waals surface area contributed by atoms with E-state index in [9.17, 15) is 0 Å². The van der Waals surface area contributed by atoms with E-state index >= 15 is 0 Å². The summed E-state index contributed by atoms with van der Waals surface area (Å²) in [7, 11) is 0. The fourth-order valence-corrected chi connectivity index (χ4v) is 3.57. The van der Waals surface area contributed by atoms with Gasteiger partial charge in [0, 0.05) is 0 Å². The van der Waals surface area contributed by atoms with E-state index in [1.807, 2.05) is 55.5 Å². The zero-order chi connectivity index (χ0) is 18.2. The molecule has 0 N–H and O–H groups in total. The molecular weight excluding hydrogens is 362 g/mol. The highest BCUT2D eigenvalue weighted by Gasteiger charge is 2.14. The van der Waals surface area contributed by atoms with Crippen LogP contribution in [0.5, 0.6) is 5.75 Å². The average Bonchev–Trinajstić information content (AvgIpc) is 3.37. The van der Waals surface area contributed by atoms with Crippen molar-refractivity contribution in [3.8, 4) is 5.75 Å². The predicted molar refractivity (Wildman–Crippen MR) is 101 cm³/mol. The molecule has 0 bridgehead atoms. The van der Waals surface area contributed by atoms with Gasteiger partial charge < -0.3 is 4.74 Å². The van der Waals surface area contributed by atoms with Crippen LogP contribution in [0, 0.1) is 6.92 Å². The van der Waals surface area contributed by atoms with Gasteiger partial charge in [0.05, 0.1) is 5.52 Å². The Morgan fingerprint density at radius 1 is 1.00 bits per heavy atom. The summed E-state index contributed by atoms with van der Waals surface area (Å²) in [5.74, 6) is 1.53. The first-order valence-electron chi connectivity index (χ1n) is 8.44. The van der Waals surface area contributed by atoms with Gasteiger partial charge in [-0.3, -0.25) is 0 Å². The third kappa shape index (κ3) is 3.02. The summed E-state index contributed by atoms with van der Waals surface area (Å²) in [6, 6.07) is 15.8. The van der Waals surface area contributed by atoms with Crippen molar-refractivity contribution in [1.82, 2.24) is 34.8 Å². The number of para-hydroxylation sites is 1. The Hall–Kier alpha value is -3.33. The van der Waals surface area contributed by atoms with Gasteiger partial charge >= 0.3 is 0 Å². The van der Waals surface area contributed by atoms with E-state index in [-0.39, 0.29) is 0 Å². The van der Waals surface area contributed by atoms with Gasteiger partial charge in [-0.1, -0.05) is 46.4 Å². The number of ether oxygens (including phenoxy) is 1. The highest BCUT2D eigenvalue weighted by atomic mass is 32.1. The van der Waals surface area contributed by atoms with Gasteiger partial charge in [0.2, 0.25) is 4.96 Å². The Bertz CT molecular complexity index is 1220. The van der Waals surface area contributed by atoms with Crippen LogP contribution in [0.15, 0.2) is 48.5 Å². The van der Waals surface area contributed by atoms with E-state index in [1.54, 1.807) is 9.20 Å². The molecule has 0 aliphatic heterocycles. The van der Waals surface area contributed by atoms with Crippen LogP contribution in [0.25, 0.3) is 16.0 Å². The SMILES string of the molecule is Cc1ccc(OCc2nn3c(Cn4nnc5ccccc54)nnc3s2)cc1. The van der Waals surface area contributed by atoms with Crippen LogP contribution >= 0.6 is 11.3 Å². The predicted octanol–water partition coefficient (Wildman–Crippen LogP) is 2.87. The fraction of sp³-hybridized carbons (Fsp3) is 0.167. The maximum absolute atomic E-state index is 5.81. The van der Waals surface area contributed by atoms with Crippen LogP contribution < -0.4 is 4.74 Å². The molecule has 27 heavy (non-hydrogen) atoms. The monoisotopic (exact) mass is 377 g/mol. The lowest BCUT2D eigenvalue weighted by Gasteiger charge is -2.03. The molecule has 0 aliphatic rings. The second kappa shape index (κ2) is 6.44. The van der Waals surface area contributed by atoms with Crippen molar-refractivity contribution in [2.75, 3.05) is 0 Å². The molecule has 134 valence electrons. The number of rotatable bonds is 5. The first-order chi connectivity index (χ1) is 13.3. The Balaban J connectivity index is 1.37. The summed E-state index contributed by atoms with van der Waals surface area (Å²) < 4.78 is 9.35. The largest absolute Gasteiger partial charge is 0.486 e. The zero-order valence-electron chi connectivity index (χ0n) is 14.5. The van der Waals surface area contributed by atoms with Crippen molar-refractivity contribution in [2.45, 2.75) is 20.1 Å². The second-order valence-electron chi connectivity index (χ2n) is 6.14. The molecule has 0 radical (unpaired) electrons. The van der Waals surface area contributed by atoms with E-state index in [0.717, 1.165) is 26.8 Å². The standard InChI is InChI=1S/C18H15N7OS/c1-12-6-8-13(9-7-12)26-11-17-22-25-16(20-21-18(25)27-17)10-24-15-5-3-2-4-14(15)19-23-24/h2-9H,10-11H2,1H3. The minimum atomic E-state index is 0.392. The number of hydrogen-bond donors (Lipinski definition) is 0. The molecule has 2 aromatic carbocycles. The molecule has 3 heterocycles. The van der Waals surface area contributed by atoms with Crippen molar-refractivity contribution < 1.29 is 4.74 Å². The number of benzene rings is 2. The van der Waals surface area contributed by atoms with Gasteiger partial charge in [0.25, 0.3) is 0 Å². The van der Waals surface area contributed by atoms with E-state index in [2.05, 4.69) is 25.6 Å². The van der Waals surface area contributed by atoms with Crippen LogP contribution in [0.3, 0.4) is 0 Å². The molecule has 5 rings (SSSR count). The van der Waals surface area contributed by atoms with Crippen molar-refractivity contribution in [1.29, 1.82) is 0 Å². The van der Waals surface area contributed by atoms with Gasteiger partial charge in [-0.05, 0) is 31.2 Å². The van der Waals surface area contributed by atoms with Crippen LogP contribution in [-0.4, -0.2) is 34.8 Å². The summed E-state index contributed by atoms with van der Waals surface area (Å²) in [6.07, 6.45) is 0. The van der Waals surface area contributed by atoms with Gasteiger partial charge in [0.15, 0.2) is 10.8 Å². The molecular formula is C18H15N7OS. The molecule has 0 aliphatic carbocycles. The third-order valence-electron chi connectivity index (χ3n) is 4.19. The van der Waals surface area contributed by atoms with E-state index < -0.39 is 0 Å². The lowest BCUT2D eigenvalue weighted by Crippen LogP contribution is -2.07. The smallest absolute Gasteiger partial charge is 0.234 e. The lowest BCUT2D eigenvalue weighted by molar-refractivity contribution is 0.304. The normalized spacial score (nSPS) is 11.4. The zero-order valence-corrected chi connectivity index (χ0v) is 15.3. The minimum Gasteiger partial charge on any atom is -0.486 e. The molecule has 0 saturated heterocycles. The molecule has 0 saturated carbocycles. The van der Waals surface area contributed by atoms with Crippen molar-refractivity contribution in [2.24, 2.45) is 0 Å². The van der Waals surface area contributed by atoms with Gasteiger partial charge in [-0.25, -0.2) is 4.68 Å². The first-order valence-corrected chi connectivity index (χ1v) is 9.25. The summed E-state index contributed by atoms with van der Waals surface area (Å²) in [5, 5.41) is 22.3. The van der Waals surface area contributed by atoms with Crippen molar-refractivity contribution in [3.63, 3.8) is 0 Å². The molecule has 0 atom stereocenters. The van der Waals surface area contributed by atoms with Gasteiger partial charge in [-0.15, -0.1) is 15.3 Å². The Morgan fingerprint density at radius 3 is 2.74 bits per heavy atom. The highest BCUT2D eigenvalue weighted by molar-refractivity contribution is 7.16. The molecule has 8 nitrogen and oxygen atoms in total. The Morgan fingerprint density at radius 2 is 1.85 bits per heavy atom. The number of hydrogen-bond acceptors (Lipinski definition) is 7. The van der Waals surface area contributed by atoms with Gasteiger partial charge in [0.1, 0.15) is 24.4 Å². The van der Waals surface area contributed by atoms with Crippen LogP contribution in [0.4, 0.5) is 0 Å². The molecule has 0 spiro atoms. The maximum atomic E-state index is 5.81. The second-order valence-corrected chi connectivity index (χ2v) is 7.18. The molecule has 9 heteroatoms. The highest BCUT2D eigenvalue weighted by Crippen LogP contribution is 2.19. The van der Waals surface area contributed by atoms with Gasteiger partial charge in [-0.2, -0.15) is 9.61 Å². The summed E-state index contributed by atoms with van der Waals surface area (Å²) in [5.41, 5.74) is 3.00. The number of aromatic nitrogens is 7. The van der Waals surface area contributed by atoms with Crippen molar-refractivity contribution >= 4 is 27.3 Å². The van der Waals surface area contributed by atoms with Crippen LogP contribution in [-0.2, 0) is 13.2 Å². The quantitative estimate of drug-likeness (QED) is 0.468. The summed E-state index contributed by atoms with van der Waals surface area (Å²) in [6.45, 7) is 2.89. The minimum absolute atomic E-state index is 0.392. The Labute approximate surface area is 158 Å². The van der Waals surface area contributed by atoms with E-state index in [4.69, 9.17) is 4.74 Å². The van der Waals surface area contributed by atoms with E-state index in [1.165, 1.54) is 16.9 Å². The van der Waals surface area contributed by atoms with Crippen molar-refractivity contribution in [3.05, 3.63) is 64.9 Å². The Kier molecular flexibility index (Phi) is 3.79. The topological polar surface area (TPSA) is 83.0 Å². The first kappa shape index (κ1) is 15.9. The number of fused-ring (bicyclic) bond motifs is 2. The molecule has 0 fully saturated rings. The van der Waals surface area contributed by atoms with E-state index in [0.29, 0.717) is 19.0 Å². The molecule has 5 aromatic rings. The maximum Gasteiger partial charge on any atom is 0.234 e. The number of nitrogens with zero attached hydrogens (tertiary/aromatic N) is 7. The number of aryl methyl sites for hydroxylation is 1. The van der Waals surface area contributed by atoms with Crippen LogP contribution in [0.2, 0.25) is 0 Å². The average molecular weight is 377 g/mol. The van der Waals surface area contributed by atoms with Crippen LogP contribution in [0.1, 0.15) is 16.4 Å². The third-order valence-corrected chi connectivity index (χ3v) is 5.06. The molecule has 3 aromatic heterocycles. The summed E-state index contributed by atoms with van der Waals surface area (Å²) in [4.78, 5) is 0.733. The molecule has 0 amide bonds. The lowest BCUT2D eigenvalue weighted by atomic mass is 10.2. The molecule has 0 unspecified atom stereocenters.